The van der Waals surface area contributed by atoms with Gasteiger partial charge in [0.1, 0.15) is 5.56 Å². The molecule has 5 heteroatoms. The van der Waals surface area contributed by atoms with Crippen LogP contribution in [0.1, 0.15) is 27.2 Å². The van der Waals surface area contributed by atoms with Crippen molar-refractivity contribution < 1.29 is 4.79 Å². The van der Waals surface area contributed by atoms with E-state index in [1.54, 1.807) is 44.3 Å². The zero-order valence-corrected chi connectivity index (χ0v) is 12.1. The van der Waals surface area contributed by atoms with Gasteiger partial charge < -0.3 is 9.88 Å². The van der Waals surface area contributed by atoms with Gasteiger partial charge in [0, 0.05) is 18.4 Å². The predicted octanol–water partition coefficient (Wildman–Crippen LogP) is 2.13. The van der Waals surface area contributed by atoms with E-state index in [0.29, 0.717) is 16.8 Å². The maximum atomic E-state index is 12.3. The van der Waals surface area contributed by atoms with Crippen LogP contribution in [0.15, 0.2) is 35.1 Å². The first-order chi connectivity index (χ1) is 9.93. The zero-order valence-electron chi connectivity index (χ0n) is 12.1. The number of nitriles is 1. The summed E-state index contributed by atoms with van der Waals surface area (Å²) in [4.78, 5) is 24.5. The van der Waals surface area contributed by atoms with E-state index in [9.17, 15) is 9.59 Å². The first-order valence-corrected chi connectivity index (χ1v) is 6.42. The molecule has 1 aromatic carbocycles. The second-order valence-electron chi connectivity index (χ2n) is 4.85. The number of benzene rings is 1. The van der Waals surface area contributed by atoms with Gasteiger partial charge >= 0.3 is 0 Å². The highest BCUT2D eigenvalue weighted by molar-refractivity contribution is 6.05. The topological polar surface area (TPSA) is 74.9 Å². The molecule has 0 saturated heterocycles. The number of carbonyl (C=O) groups is 1. The molecule has 0 atom stereocenters. The number of aromatic nitrogens is 1. The summed E-state index contributed by atoms with van der Waals surface area (Å²) in [7, 11) is 1.63. The van der Waals surface area contributed by atoms with Gasteiger partial charge in [0.25, 0.3) is 11.5 Å². The number of rotatable bonds is 2. The number of pyridine rings is 1. The van der Waals surface area contributed by atoms with E-state index in [1.165, 1.54) is 4.57 Å². The van der Waals surface area contributed by atoms with Crippen LogP contribution >= 0.6 is 0 Å². The zero-order chi connectivity index (χ0) is 15.6. The van der Waals surface area contributed by atoms with Crippen LogP contribution in [0.3, 0.4) is 0 Å². The van der Waals surface area contributed by atoms with Crippen LogP contribution in [-0.4, -0.2) is 10.5 Å². The van der Waals surface area contributed by atoms with Gasteiger partial charge in [-0.05, 0) is 43.7 Å². The molecule has 106 valence electrons. The fourth-order valence-corrected chi connectivity index (χ4v) is 2.12. The number of nitrogens with one attached hydrogen (secondary N) is 1. The highest BCUT2D eigenvalue weighted by Crippen LogP contribution is 2.12. The van der Waals surface area contributed by atoms with Crippen molar-refractivity contribution in [3.05, 3.63) is 63.1 Å². The Kier molecular flexibility index (Phi) is 3.90. The first kappa shape index (κ1) is 14.5. The Balaban J connectivity index is 2.40. The Morgan fingerprint density at radius 1 is 1.29 bits per heavy atom. The van der Waals surface area contributed by atoms with Crippen molar-refractivity contribution in [3.8, 4) is 6.07 Å². The van der Waals surface area contributed by atoms with Gasteiger partial charge in [-0.15, -0.1) is 0 Å². The van der Waals surface area contributed by atoms with Crippen LogP contribution in [0.4, 0.5) is 5.69 Å². The SMILES string of the molecule is Cc1cc(C)n(C)c(=O)c1C(=O)Nc1cccc(C#N)c1. The molecule has 2 aromatic rings. The lowest BCUT2D eigenvalue weighted by molar-refractivity contribution is 0.102. The predicted molar refractivity (Wildman–Crippen MR) is 80.3 cm³/mol. The van der Waals surface area contributed by atoms with Crippen molar-refractivity contribution >= 4 is 11.6 Å². The van der Waals surface area contributed by atoms with Crippen molar-refractivity contribution in [2.24, 2.45) is 7.05 Å². The maximum Gasteiger partial charge on any atom is 0.263 e. The largest absolute Gasteiger partial charge is 0.322 e. The van der Waals surface area contributed by atoms with Gasteiger partial charge in [0.05, 0.1) is 11.6 Å². The number of hydrogen-bond acceptors (Lipinski definition) is 3. The molecule has 0 fully saturated rings. The minimum atomic E-state index is -0.469. The van der Waals surface area contributed by atoms with Gasteiger partial charge in [0.15, 0.2) is 0 Å². The molecule has 0 spiro atoms. The molecule has 21 heavy (non-hydrogen) atoms. The minimum Gasteiger partial charge on any atom is -0.322 e. The third-order valence-corrected chi connectivity index (χ3v) is 3.34. The average molecular weight is 281 g/mol. The Hall–Kier alpha value is -2.87. The van der Waals surface area contributed by atoms with Crippen LogP contribution < -0.4 is 10.9 Å². The molecule has 0 bridgehead atoms. The summed E-state index contributed by atoms with van der Waals surface area (Å²) >= 11 is 0. The summed E-state index contributed by atoms with van der Waals surface area (Å²) in [6, 6.07) is 10.4. The maximum absolute atomic E-state index is 12.3. The molecular formula is C16H15N3O2. The second-order valence-corrected chi connectivity index (χ2v) is 4.85. The molecule has 1 amide bonds. The molecule has 0 aliphatic rings. The molecule has 0 radical (unpaired) electrons. The van der Waals surface area contributed by atoms with E-state index in [2.05, 4.69) is 5.32 Å². The third kappa shape index (κ3) is 2.84. The Morgan fingerprint density at radius 2 is 2.00 bits per heavy atom. The van der Waals surface area contributed by atoms with Crippen molar-refractivity contribution in [1.29, 1.82) is 5.26 Å². The first-order valence-electron chi connectivity index (χ1n) is 6.42. The molecule has 0 aliphatic heterocycles. The number of carbonyl (C=O) groups excluding carboxylic acids is 1. The standard InChI is InChI=1S/C16H15N3O2/c1-10-7-11(2)19(3)16(21)14(10)15(20)18-13-6-4-5-12(8-13)9-17/h4-8H,1-3H3,(H,18,20). The smallest absolute Gasteiger partial charge is 0.263 e. The van der Waals surface area contributed by atoms with Gasteiger partial charge in [0.2, 0.25) is 0 Å². The van der Waals surface area contributed by atoms with Gasteiger partial charge in [-0.25, -0.2) is 0 Å². The van der Waals surface area contributed by atoms with Crippen LogP contribution in [0.25, 0.3) is 0 Å². The molecule has 0 unspecified atom stereocenters. The van der Waals surface area contributed by atoms with Crippen molar-refractivity contribution in [2.45, 2.75) is 13.8 Å². The number of anilines is 1. The van der Waals surface area contributed by atoms with E-state index in [0.717, 1.165) is 5.69 Å². The van der Waals surface area contributed by atoms with E-state index in [-0.39, 0.29) is 11.1 Å². The fraction of sp³-hybridized carbons (Fsp3) is 0.188. The monoisotopic (exact) mass is 281 g/mol. The van der Waals surface area contributed by atoms with Crippen LogP contribution in [0.5, 0.6) is 0 Å². The third-order valence-electron chi connectivity index (χ3n) is 3.34. The molecular weight excluding hydrogens is 266 g/mol. The van der Waals surface area contributed by atoms with E-state index in [4.69, 9.17) is 5.26 Å². The number of hydrogen-bond donors (Lipinski definition) is 1. The molecule has 5 nitrogen and oxygen atoms in total. The lowest BCUT2D eigenvalue weighted by Gasteiger charge is -2.11. The minimum absolute atomic E-state index is 0.116. The van der Waals surface area contributed by atoms with E-state index < -0.39 is 5.91 Å². The summed E-state index contributed by atoms with van der Waals surface area (Å²) in [5, 5.41) is 11.5. The molecule has 2 rings (SSSR count). The Labute approximate surface area is 122 Å². The summed E-state index contributed by atoms with van der Waals surface area (Å²) in [6.45, 7) is 3.54. The van der Waals surface area contributed by atoms with Crippen LogP contribution in [-0.2, 0) is 7.05 Å². The molecule has 1 heterocycles. The van der Waals surface area contributed by atoms with Crippen molar-refractivity contribution in [2.75, 3.05) is 5.32 Å². The van der Waals surface area contributed by atoms with Crippen molar-refractivity contribution in [1.82, 2.24) is 4.57 Å². The summed E-state index contributed by atoms with van der Waals surface area (Å²) in [6.07, 6.45) is 0. The normalized spacial score (nSPS) is 10.0. The highest BCUT2D eigenvalue weighted by atomic mass is 16.2. The number of aryl methyl sites for hydroxylation is 2. The van der Waals surface area contributed by atoms with E-state index >= 15 is 0 Å². The summed E-state index contributed by atoms with van der Waals surface area (Å²) < 4.78 is 1.44. The molecule has 0 saturated carbocycles. The highest BCUT2D eigenvalue weighted by Gasteiger charge is 2.16. The Bertz CT molecular complexity index is 813. The van der Waals surface area contributed by atoms with Gasteiger partial charge in [-0.3, -0.25) is 9.59 Å². The average Bonchev–Trinajstić information content (AvgIpc) is 2.45. The lowest BCUT2D eigenvalue weighted by atomic mass is 10.1. The summed E-state index contributed by atoms with van der Waals surface area (Å²) in [5.41, 5.74) is 2.14. The lowest BCUT2D eigenvalue weighted by Crippen LogP contribution is -2.30. The molecule has 1 aromatic heterocycles. The fourth-order valence-electron chi connectivity index (χ4n) is 2.12. The molecule has 1 N–H and O–H groups in total. The summed E-state index contributed by atoms with van der Waals surface area (Å²) in [5.74, 6) is -0.469. The van der Waals surface area contributed by atoms with E-state index in [1.807, 2.05) is 13.0 Å². The van der Waals surface area contributed by atoms with Crippen LogP contribution in [0, 0.1) is 25.2 Å². The Morgan fingerprint density at radius 3 is 2.67 bits per heavy atom. The van der Waals surface area contributed by atoms with Crippen molar-refractivity contribution in [3.63, 3.8) is 0 Å². The quantitative estimate of drug-likeness (QED) is 0.916. The molecule has 0 aliphatic carbocycles. The van der Waals surface area contributed by atoms with Gasteiger partial charge in [-0.1, -0.05) is 6.07 Å². The van der Waals surface area contributed by atoms with Crippen LogP contribution in [0.2, 0.25) is 0 Å². The number of nitrogens with zero attached hydrogens (tertiary/aromatic N) is 2. The second kappa shape index (κ2) is 5.63. The van der Waals surface area contributed by atoms with Gasteiger partial charge in [-0.2, -0.15) is 5.26 Å². The number of amides is 1.